The molecule has 2 aliphatic heterocycles. The van der Waals surface area contributed by atoms with Gasteiger partial charge in [-0.25, -0.2) is 0 Å². The van der Waals surface area contributed by atoms with E-state index in [1.165, 1.54) is 6.92 Å². The van der Waals surface area contributed by atoms with Crippen molar-refractivity contribution < 1.29 is 54.4 Å². The van der Waals surface area contributed by atoms with Crippen molar-refractivity contribution in [2.75, 3.05) is 26.4 Å². The Labute approximate surface area is 183 Å². The lowest BCUT2D eigenvalue weighted by atomic mass is 9.95. The highest BCUT2D eigenvalue weighted by molar-refractivity contribution is 5.73. The number of ether oxygens (including phenoxy) is 4. The number of nitrogens with zero attached hydrogens (tertiary/aromatic N) is 3. The van der Waals surface area contributed by atoms with Crippen LogP contribution in [0.15, 0.2) is 5.11 Å². The third-order valence-corrected chi connectivity index (χ3v) is 5.11. The summed E-state index contributed by atoms with van der Waals surface area (Å²) in [4.78, 5) is 14.4. The molecule has 15 nitrogen and oxygen atoms in total. The Morgan fingerprint density at radius 3 is 2.25 bits per heavy atom. The molecule has 0 aromatic heterocycles. The summed E-state index contributed by atoms with van der Waals surface area (Å²) < 4.78 is 22.1. The van der Waals surface area contributed by atoms with Crippen LogP contribution in [0.4, 0.5) is 0 Å². The molecule has 0 aliphatic carbocycles. The first-order valence-corrected chi connectivity index (χ1v) is 10.0. The fraction of sp³-hybridized carbons (Fsp3) is 0.941. The quantitative estimate of drug-likeness (QED) is 0.0720. The van der Waals surface area contributed by atoms with Gasteiger partial charge in [-0.05, 0) is 12.0 Å². The standard InChI is InChI=1S/C17H30N4O11/c1-7(24)20-10-15(32-17-14(28)13(27)11(25)8(5-22)31-17)12(26)9(6-23)30-16(10)29-4-2-3-19-21-18/h8-17,22-23,25-28H,2-6H2,1H3,(H,20,24)/t8?,9?,10?,11-,12+,13?,14-,15+,16-,17-/m0/s1. The van der Waals surface area contributed by atoms with Crippen molar-refractivity contribution in [1.29, 1.82) is 0 Å². The highest BCUT2D eigenvalue weighted by Gasteiger charge is 2.51. The average Bonchev–Trinajstić information content (AvgIpc) is 2.76. The second-order valence-corrected chi connectivity index (χ2v) is 7.42. The lowest BCUT2D eigenvalue weighted by molar-refractivity contribution is -0.344. The van der Waals surface area contributed by atoms with Crippen molar-refractivity contribution in [3.8, 4) is 0 Å². The molecule has 7 N–H and O–H groups in total. The number of carbonyl (C=O) groups excluding carboxylic acids is 1. The molecule has 2 aliphatic rings. The predicted molar refractivity (Wildman–Crippen MR) is 103 cm³/mol. The number of aliphatic hydroxyl groups excluding tert-OH is 6. The molecule has 10 atom stereocenters. The molecule has 0 aromatic rings. The average molecular weight is 466 g/mol. The van der Waals surface area contributed by atoms with Crippen molar-refractivity contribution >= 4 is 5.91 Å². The summed E-state index contributed by atoms with van der Waals surface area (Å²) in [7, 11) is 0. The highest BCUT2D eigenvalue weighted by atomic mass is 16.7. The Bertz CT molecular complexity index is 650. The molecule has 184 valence electrons. The van der Waals surface area contributed by atoms with E-state index in [0.717, 1.165) is 0 Å². The molecule has 1 amide bonds. The van der Waals surface area contributed by atoms with Crippen LogP contribution in [0.25, 0.3) is 10.4 Å². The summed E-state index contributed by atoms with van der Waals surface area (Å²) in [5.41, 5.74) is 8.33. The van der Waals surface area contributed by atoms with Gasteiger partial charge in [0, 0.05) is 25.0 Å². The van der Waals surface area contributed by atoms with Crippen LogP contribution in [-0.2, 0) is 23.7 Å². The van der Waals surface area contributed by atoms with E-state index in [2.05, 4.69) is 15.3 Å². The fourth-order valence-corrected chi connectivity index (χ4v) is 3.47. The van der Waals surface area contributed by atoms with Crippen LogP contribution in [0.2, 0.25) is 0 Å². The second kappa shape index (κ2) is 12.6. The molecule has 2 fully saturated rings. The zero-order valence-electron chi connectivity index (χ0n) is 17.4. The lowest BCUT2D eigenvalue weighted by Crippen LogP contribution is -2.68. The van der Waals surface area contributed by atoms with Gasteiger partial charge in [-0.2, -0.15) is 0 Å². The van der Waals surface area contributed by atoms with Gasteiger partial charge in [0.25, 0.3) is 0 Å². The fourth-order valence-electron chi connectivity index (χ4n) is 3.47. The lowest BCUT2D eigenvalue weighted by Gasteiger charge is -2.47. The topological polar surface area (TPSA) is 236 Å². The number of hydrogen-bond acceptors (Lipinski definition) is 12. The van der Waals surface area contributed by atoms with Gasteiger partial charge in [0.05, 0.1) is 13.2 Å². The van der Waals surface area contributed by atoms with E-state index >= 15 is 0 Å². The maximum absolute atomic E-state index is 11.8. The zero-order chi connectivity index (χ0) is 23.8. The highest BCUT2D eigenvalue weighted by Crippen LogP contribution is 2.29. The van der Waals surface area contributed by atoms with Crippen LogP contribution in [0.5, 0.6) is 0 Å². The Morgan fingerprint density at radius 1 is 1.03 bits per heavy atom. The number of hydrogen-bond donors (Lipinski definition) is 7. The second-order valence-electron chi connectivity index (χ2n) is 7.42. The molecule has 0 aromatic carbocycles. The number of amides is 1. The van der Waals surface area contributed by atoms with E-state index in [4.69, 9.17) is 24.5 Å². The van der Waals surface area contributed by atoms with Crippen LogP contribution >= 0.6 is 0 Å². The van der Waals surface area contributed by atoms with Gasteiger partial charge in [0.2, 0.25) is 5.91 Å². The molecule has 0 spiro atoms. The van der Waals surface area contributed by atoms with Gasteiger partial charge in [-0.15, -0.1) is 0 Å². The Hall–Kier alpha value is -1.62. The molecular weight excluding hydrogens is 436 g/mol. The molecule has 15 heteroatoms. The number of carbonyl (C=O) groups is 1. The first kappa shape index (κ1) is 26.6. The van der Waals surface area contributed by atoms with Crippen molar-refractivity contribution in [2.24, 2.45) is 5.11 Å². The minimum absolute atomic E-state index is 0.0424. The third kappa shape index (κ3) is 6.46. The van der Waals surface area contributed by atoms with E-state index in [9.17, 15) is 35.4 Å². The Morgan fingerprint density at radius 2 is 1.66 bits per heavy atom. The minimum atomic E-state index is -1.75. The smallest absolute Gasteiger partial charge is 0.217 e. The summed E-state index contributed by atoms with van der Waals surface area (Å²) in [5, 5.41) is 65.7. The number of aliphatic hydroxyl groups is 6. The van der Waals surface area contributed by atoms with Crippen LogP contribution < -0.4 is 5.32 Å². The van der Waals surface area contributed by atoms with Gasteiger partial charge >= 0.3 is 0 Å². The molecule has 0 bridgehead atoms. The molecular formula is C17H30N4O11. The zero-order valence-corrected chi connectivity index (χ0v) is 17.4. The summed E-state index contributed by atoms with van der Waals surface area (Å²) in [6.07, 6.45) is -12.9. The third-order valence-electron chi connectivity index (χ3n) is 5.11. The van der Waals surface area contributed by atoms with Crippen molar-refractivity contribution in [3.05, 3.63) is 10.4 Å². The Kier molecular flexibility index (Phi) is 10.5. The van der Waals surface area contributed by atoms with E-state index < -0.39 is 80.5 Å². The molecule has 32 heavy (non-hydrogen) atoms. The number of azide groups is 1. The largest absolute Gasteiger partial charge is 0.394 e. The monoisotopic (exact) mass is 466 g/mol. The van der Waals surface area contributed by atoms with Gasteiger partial charge in [-0.3, -0.25) is 4.79 Å². The maximum Gasteiger partial charge on any atom is 0.217 e. The number of rotatable bonds is 10. The van der Waals surface area contributed by atoms with Gasteiger partial charge in [-0.1, -0.05) is 5.11 Å². The van der Waals surface area contributed by atoms with E-state index in [1.807, 2.05) is 0 Å². The Balaban J connectivity index is 2.22. The van der Waals surface area contributed by atoms with E-state index in [0.29, 0.717) is 6.42 Å². The first-order chi connectivity index (χ1) is 15.2. The molecule has 0 saturated carbocycles. The van der Waals surface area contributed by atoms with E-state index in [-0.39, 0.29) is 13.2 Å². The predicted octanol–water partition coefficient (Wildman–Crippen LogP) is -3.53. The van der Waals surface area contributed by atoms with Crippen molar-refractivity contribution in [2.45, 2.75) is 74.7 Å². The molecule has 2 rings (SSSR count). The van der Waals surface area contributed by atoms with Crippen molar-refractivity contribution in [3.63, 3.8) is 0 Å². The molecule has 2 heterocycles. The summed E-state index contributed by atoms with van der Waals surface area (Å²) >= 11 is 0. The molecule has 0 radical (unpaired) electrons. The van der Waals surface area contributed by atoms with Crippen LogP contribution in [0.3, 0.4) is 0 Å². The normalized spacial score (nSPS) is 39.8. The van der Waals surface area contributed by atoms with Crippen LogP contribution in [0.1, 0.15) is 13.3 Å². The van der Waals surface area contributed by atoms with Crippen molar-refractivity contribution in [1.82, 2.24) is 5.32 Å². The van der Waals surface area contributed by atoms with E-state index in [1.54, 1.807) is 0 Å². The SMILES string of the molecule is CC(=O)NC1[C@@H](OCCCN=[N+]=[N-])OC(CO)[C@@H](O)[C@@H]1O[C@@H]1OC(CO)[C@H](O)C(O)[C@@H]1O. The molecule has 2 saturated heterocycles. The maximum atomic E-state index is 11.8. The van der Waals surface area contributed by atoms with Crippen LogP contribution in [-0.4, -0.2) is 124 Å². The summed E-state index contributed by atoms with van der Waals surface area (Å²) in [6, 6.07) is -1.14. The summed E-state index contributed by atoms with van der Waals surface area (Å²) in [6.45, 7) is 0.0628. The molecule has 4 unspecified atom stereocenters. The minimum Gasteiger partial charge on any atom is -0.394 e. The van der Waals surface area contributed by atoms with Gasteiger partial charge < -0.3 is 54.9 Å². The van der Waals surface area contributed by atoms with Gasteiger partial charge in [0.15, 0.2) is 12.6 Å². The first-order valence-electron chi connectivity index (χ1n) is 10.0. The number of nitrogens with one attached hydrogen (secondary N) is 1. The van der Waals surface area contributed by atoms with Gasteiger partial charge in [0.1, 0.15) is 48.8 Å². The van der Waals surface area contributed by atoms with Crippen LogP contribution in [0, 0.1) is 0 Å². The summed E-state index contributed by atoms with van der Waals surface area (Å²) in [5.74, 6) is -0.529.